The van der Waals surface area contributed by atoms with Crippen LogP contribution in [0.15, 0.2) is 5.34 Å². The molecule has 0 amide bonds. The molecule has 0 N–H and O–H groups in total. The molecule has 3 heteroatoms. The highest BCUT2D eigenvalue weighted by atomic mass is 16.7. The number of rotatable bonds is 2. The van der Waals surface area contributed by atoms with E-state index in [1.807, 2.05) is 0 Å². The lowest BCUT2D eigenvalue weighted by Gasteiger charge is -2.16. The van der Waals surface area contributed by atoms with Crippen LogP contribution in [-0.4, -0.2) is 6.10 Å². The van der Waals surface area contributed by atoms with Gasteiger partial charge in [-0.05, 0) is 37.5 Å². The molecule has 2 fully saturated rings. The molecule has 0 saturated heterocycles. The molecule has 2 aliphatic rings. The highest BCUT2D eigenvalue weighted by molar-refractivity contribution is 4.90. The Morgan fingerprint density at radius 3 is 2.70 bits per heavy atom. The van der Waals surface area contributed by atoms with Crippen molar-refractivity contribution in [2.75, 3.05) is 0 Å². The lowest BCUT2D eigenvalue weighted by molar-refractivity contribution is 0.0175. The monoisotopic (exact) mass is 141 g/mol. The Bertz CT molecular complexity index is 149. The number of hydrogen-bond acceptors (Lipinski definition) is 3. The Labute approximate surface area is 59.7 Å². The van der Waals surface area contributed by atoms with Gasteiger partial charge in [0.05, 0.1) is 0 Å². The molecule has 3 unspecified atom stereocenters. The van der Waals surface area contributed by atoms with Crippen molar-refractivity contribution in [3.63, 3.8) is 0 Å². The summed E-state index contributed by atoms with van der Waals surface area (Å²) < 4.78 is 0. The second kappa shape index (κ2) is 2.22. The highest BCUT2D eigenvalue weighted by Gasteiger charge is 2.41. The maximum absolute atomic E-state index is 9.76. The van der Waals surface area contributed by atoms with Crippen molar-refractivity contribution in [2.45, 2.75) is 31.8 Å². The van der Waals surface area contributed by atoms with E-state index in [0.29, 0.717) is 5.92 Å². The van der Waals surface area contributed by atoms with Gasteiger partial charge in [0.15, 0.2) is 5.34 Å². The molecule has 0 aromatic carbocycles. The van der Waals surface area contributed by atoms with Crippen molar-refractivity contribution in [3.05, 3.63) is 4.91 Å². The predicted octanol–water partition coefficient (Wildman–Crippen LogP) is 1.87. The summed E-state index contributed by atoms with van der Waals surface area (Å²) >= 11 is 0. The Morgan fingerprint density at radius 2 is 2.20 bits per heavy atom. The third kappa shape index (κ3) is 0.805. The summed E-state index contributed by atoms with van der Waals surface area (Å²) in [4.78, 5) is 14.5. The highest BCUT2D eigenvalue weighted by Crippen LogP contribution is 2.45. The lowest BCUT2D eigenvalue weighted by atomic mass is 9.98. The summed E-state index contributed by atoms with van der Waals surface area (Å²) in [5.41, 5.74) is 0. The SMILES string of the molecule is O=NOC1CC2CCC1C2. The third-order valence-electron chi connectivity index (χ3n) is 2.85. The van der Waals surface area contributed by atoms with Gasteiger partial charge in [0.2, 0.25) is 0 Å². The largest absolute Gasteiger partial charge is 0.360 e. The van der Waals surface area contributed by atoms with Gasteiger partial charge in [-0.25, -0.2) is 0 Å². The van der Waals surface area contributed by atoms with E-state index in [1.165, 1.54) is 19.3 Å². The van der Waals surface area contributed by atoms with Gasteiger partial charge in [-0.15, -0.1) is 4.91 Å². The topological polar surface area (TPSA) is 38.7 Å². The molecule has 0 radical (unpaired) electrons. The van der Waals surface area contributed by atoms with Gasteiger partial charge in [0, 0.05) is 0 Å². The van der Waals surface area contributed by atoms with Crippen LogP contribution in [0.25, 0.3) is 0 Å². The van der Waals surface area contributed by atoms with Crippen LogP contribution in [0.4, 0.5) is 0 Å². The van der Waals surface area contributed by atoms with Crippen LogP contribution in [0.3, 0.4) is 0 Å². The fourth-order valence-electron chi connectivity index (χ4n) is 2.37. The Kier molecular flexibility index (Phi) is 1.36. The van der Waals surface area contributed by atoms with Gasteiger partial charge in [0.25, 0.3) is 0 Å². The first-order valence-electron chi connectivity index (χ1n) is 3.88. The summed E-state index contributed by atoms with van der Waals surface area (Å²) in [6, 6.07) is 0. The maximum atomic E-state index is 9.76. The molecule has 2 rings (SSSR count). The van der Waals surface area contributed by atoms with Crippen molar-refractivity contribution in [1.82, 2.24) is 0 Å². The van der Waals surface area contributed by atoms with Crippen LogP contribution in [0.1, 0.15) is 25.7 Å². The van der Waals surface area contributed by atoms with E-state index in [0.717, 1.165) is 12.3 Å². The van der Waals surface area contributed by atoms with E-state index in [4.69, 9.17) is 4.84 Å². The van der Waals surface area contributed by atoms with Gasteiger partial charge in [-0.1, -0.05) is 0 Å². The zero-order valence-electron chi connectivity index (χ0n) is 5.82. The van der Waals surface area contributed by atoms with Crippen LogP contribution in [-0.2, 0) is 4.84 Å². The summed E-state index contributed by atoms with van der Waals surface area (Å²) in [6.45, 7) is 0. The predicted molar refractivity (Wildman–Crippen MR) is 36.1 cm³/mol. The zero-order chi connectivity index (χ0) is 6.97. The molecule has 0 aromatic heterocycles. The first kappa shape index (κ1) is 6.13. The third-order valence-corrected chi connectivity index (χ3v) is 2.85. The summed E-state index contributed by atoms with van der Waals surface area (Å²) in [7, 11) is 0. The normalized spacial score (nSPS) is 43.8. The van der Waals surface area contributed by atoms with E-state index in [-0.39, 0.29) is 6.10 Å². The summed E-state index contributed by atoms with van der Waals surface area (Å²) in [5, 5.41) is 2.49. The minimum atomic E-state index is 0.163. The molecule has 0 aliphatic heterocycles. The van der Waals surface area contributed by atoms with Crippen molar-refractivity contribution in [3.8, 4) is 0 Å². The van der Waals surface area contributed by atoms with Crippen molar-refractivity contribution in [1.29, 1.82) is 0 Å². The molecule has 3 atom stereocenters. The number of fused-ring (bicyclic) bond motifs is 2. The standard InChI is InChI=1S/C7H11NO2/c9-8-10-7-4-5-1-2-6(7)3-5/h5-7H,1-4H2. The second-order valence-electron chi connectivity index (χ2n) is 3.39. The van der Waals surface area contributed by atoms with Gasteiger partial charge < -0.3 is 4.84 Å². The van der Waals surface area contributed by atoms with Crippen LogP contribution in [0.5, 0.6) is 0 Å². The number of nitrogens with zero attached hydrogens (tertiary/aromatic N) is 1. The molecule has 10 heavy (non-hydrogen) atoms. The van der Waals surface area contributed by atoms with Crippen molar-refractivity contribution < 1.29 is 4.84 Å². The van der Waals surface area contributed by atoms with E-state index in [1.54, 1.807) is 0 Å². The average molecular weight is 141 g/mol. The molecule has 0 heterocycles. The van der Waals surface area contributed by atoms with Gasteiger partial charge in [0.1, 0.15) is 6.10 Å². The van der Waals surface area contributed by atoms with Crippen molar-refractivity contribution in [2.24, 2.45) is 17.2 Å². The fraction of sp³-hybridized carbons (Fsp3) is 1.00. The minimum Gasteiger partial charge on any atom is -0.360 e. The Balaban J connectivity index is 1.95. The Hall–Kier alpha value is -0.600. The van der Waals surface area contributed by atoms with Crippen LogP contribution < -0.4 is 0 Å². The molecule has 56 valence electrons. The first-order valence-corrected chi connectivity index (χ1v) is 3.88. The van der Waals surface area contributed by atoms with Crippen LogP contribution in [0.2, 0.25) is 0 Å². The molecule has 2 saturated carbocycles. The van der Waals surface area contributed by atoms with E-state index < -0.39 is 0 Å². The molecule has 0 aromatic rings. The van der Waals surface area contributed by atoms with Gasteiger partial charge in [-0.2, -0.15) is 0 Å². The van der Waals surface area contributed by atoms with Crippen LogP contribution >= 0.6 is 0 Å². The molecule has 0 spiro atoms. The Morgan fingerprint density at radius 1 is 1.30 bits per heavy atom. The van der Waals surface area contributed by atoms with E-state index >= 15 is 0 Å². The summed E-state index contributed by atoms with van der Waals surface area (Å²) in [6.07, 6.45) is 5.07. The second-order valence-corrected chi connectivity index (χ2v) is 3.39. The minimum absolute atomic E-state index is 0.163. The smallest absolute Gasteiger partial charge is 0.155 e. The van der Waals surface area contributed by atoms with Gasteiger partial charge in [-0.3, -0.25) is 0 Å². The number of hydrogen-bond donors (Lipinski definition) is 0. The van der Waals surface area contributed by atoms with Crippen LogP contribution in [0, 0.1) is 16.7 Å². The average Bonchev–Trinajstić information content (AvgIpc) is 2.48. The molecule has 2 aliphatic carbocycles. The summed E-state index contributed by atoms with van der Waals surface area (Å²) in [5.74, 6) is 1.47. The quantitative estimate of drug-likeness (QED) is 0.435. The molecular formula is C7H11NO2. The van der Waals surface area contributed by atoms with Gasteiger partial charge >= 0.3 is 0 Å². The molecule has 3 nitrogen and oxygen atoms in total. The maximum Gasteiger partial charge on any atom is 0.155 e. The first-order chi connectivity index (χ1) is 4.90. The van der Waals surface area contributed by atoms with Crippen molar-refractivity contribution >= 4 is 0 Å². The molecular weight excluding hydrogens is 130 g/mol. The van der Waals surface area contributed by atoms with E-state index in [2.05, 4.69) is 5.34 Å². The fourth-order valence-corrected chi connectivity index (χ4v) is 2.37. The lowest BCUT2D eigenvalue weighted by Crippen LogP contribution is -2.17. The van der Waals surface area contributed by atoms with E-state index in [9.17, 15) is 4.91 Å². The zero-order valence-corrected chi connectivity index (χ0v) is 5.82. The molecule has 2 bridgehead atoms.